The molecule has 0 aliphatic rings. The zero-order valence-corrected chi connectivity index (χ0v) is 14.8. The fourth-order valence-corrected chi connectivity index (χ4v) is 2.50. The summed E-state index contributed by atoms with van der Waals surface area (Å²) >= 11 is 6.16. The highest BCUT2D eigenvalue weighted by Gasteiger charge is 2.10. The number of carbonyl (C=O) groups excluding carboxylic acids is 1. The lowest BCUT2D eigenvalue weighted by molar-refractivity contribution is -0.116. The zero-order valence-electron chi connectivity index (χ0n) is 14.0. The molecule has 0 spiro atoms. The monoisotopic (exact) mass is 363 g/mol. The molecule has 6 heteroatoms. The largest absolute Gasteiger partial charge is 0.491 e. The van der Waals surface area contributed by atoms with E-state index in [1.54, 1.807) is 36.4 Å². The van der Waals surface area contributed by atoms with Crippen molar-refractivity contribution >= 4 is 23.6 Å². The molecule has 1 amide bonds. The van der Waals surface area contributed by atoms with Gasteiger partial charge in [-0.3, -0.25) is 4.79 Å². The summed E-state index contributed by atoms with van der Waals surface area (Å²) in [4.78, 5) is 11.9. The van der Waals surface area contributed by atoms with E-state index >= 15 is 0 Å². The van der Waals surface area contributed by atoms with Crippen molar-refractivity contribution in [3.63, 3.8) is 0 Å². The highest BCUT2D eigenvalue weighted by Crippen LogP contribution is 2.36. The molecule has 0 bridgehead atoms. The van der Waals surface area contributed by atoms with E-state index < -0.39 is 0 Å². The average Bonchev–Trinajstić information content (AvgIpc) is 2.59. The predicted octanol–water partition coefficient (Wildman–Crippen LogP) is 4.22. The first-order valence-corrected chi connectivity index (χ1v) is 8.12. The average molecular weight is 364 g/mol. The van der Waals surface area contributed by atoms with Gasteiger partial charge in [-0.05, 0) is 36.8 Å². The minimum absolute atomic E-state index is 0.114. The molecular formula is C19H19ClFNO3. The summed E-state index contributed by atoms with van der Waals surface area (Å²) in [6.07, 6.45) is 2.96. The maximum Gasteiger partial charge on any atom is 0.244 e. The Hall–Kier alpha value is -2.53. The van der Waals surface area contributed by atoms with Gasteiger partial charge in [0.1, 0.15) is 5.82 Å². The number of rotatable bonds is 7. The number of methoxy groups -OCH3 is 1. The van der Waals surface area contributed by atoms with E-state index in [2.05, 4.69) is 5.32 Å². The number of hydrogen-bond acceptors (Lipinski definition) is 3. The third-order valence-corrected chi connectivity index (χ3v) is 3.65. The molecule has 0 atom stereocenters. The van der Waals surface area contributed by atoms with Gasteiger partial charge in [0.2, 0.25) is 5.91 Å². The summed E-state index contributed by atoms with van der Waals surface area (Å²) < 4.78 is 24.2. The molecule has 0 saturated carbocycles. The standard InChI is InChI=1S/C19H19ClFNO3/c1-3-25-17-11-13(10-15(20)19(17)24-2)8-9-18(23)22-12-14-6-4-5-7-16(14)21/h4-11H,3,12H2,1-2H3,(H,22,23)/b9-8+. The Bertz CT molecular complexity index is 777. The minimum atomic E-state index is -0.352. The van der Waals surface area contributed by atoms with Crippen LogP contribution in [0.3, 0.4) is 0 Å². The van der Waals surface area contributed by atoms with E-state index in [-0.39, 0.29) is 18.3 Å². The summed E-state index contributed by atoms with van der Waals surface area (Å²) in [5, 5.41) is 3.02. The van der Waals surface area contributed by atoms with Crippen molar-refractivity contribution < 1.29 is 18.7 Å². The van der Waals surface area contributed by atoms with Gasteiger partial charge in [-0.15, -0.1) is 0 Å². The minimum Gasteiger partial charge on any atom is -0.491 e. The summed E-state index contributed by atoms with van der Waals surface area (Å²) in [5.74, 6) is 0.261. The van der Waals surface area contributed by atoms with Crippen molar-refractivity contribution in [1.82, 2.24) is 5.32 Å². The van der Waals surface area contributed by atoms with E-state index in [4.69, 9.17) is 21.1 Å². The normalized spacial score (nSPS) is 10.7. The van der Waals surface area contributed by atoms with E-state index in [0.717, 1.165) is 0 Å². The quantitative estimate of drug-likeness (QED) is 0.749. The molecule has 1 N–H and O–H groups in total. The Kier molecular flexibility index (Phi) is 6.83. The first-order valence-electron chi connectivity index (χ1n) is 7.74. The lowest BCUT2D eigenvalue weighted by Gasteiger charge is -2.11. The first kappa shape index (κ1) is 18.8. The second-order valence-corrected chi connectivity index (χ2v) is 5.52. The summed E-state index contributed by atoms with van der Waals surface area (Å²) in [5.41, 5.74) is 1.12. The van der Waals surface area contributed by atoms with Crippen molar-refractivity contribution in [2.75, 3.05) is 13.7 Å². The molecular weight excluding hydrogens is 345 g/mol. The molecule has 0 aliphatic heterocycles. The molecule has 2 rings (SSSR count). The van der Waals surface area contributed by atoms with Gasteiger partial charge in [-0.1, -0.05) is 29.8 Å². The molecule has 2 aromatic carbocycles. The molecule has 0 saturated heterocycles. The smallest absolute Gasteiger partial charge is 0.244 e. The topological polar surface area (TPSA) is 47.6 Å². The van der Waals surface area contributed by atoms with Gasteiger partial charge >= 0.3 is 0 Å². The second kappa shape index (κ2) is 9.08. The van der Waals surface area contributed by atoms with Gasteiger partial charge in [0.15, 0.2) is 11.5 Å². The van der Waals surface area contributed by atoms with Crippen molar-refractivity contribution in [2.24, 2.45) is 0 Å². The van der Waals surface area contributed by atoms with Crippen LogP contribution in [0.15, 0.2) is 42.5 Å². The fourth-order valence-electron chi connectivity index (χ4n) is 2.20. The van der Waals surface area contributed by atoms with Crippen LogP contribution in [0, 0.1) is 5.82 Å². The van der Waals surface area contributed by atoms with Gasteiger partial charge in [-0.2, -0.15) is 0 Å². The van der Waals surface area contributed by atoms with E-state index in [0.29, 0.717) is 34.3 Å². The maximum absolute atomic E-state index is 13.5. The van der Waals surface area contributed by atoms with Gasteiger partial charge < -0.3 is 14.8 Å². The number of nitrogens with one attached hydrogen (secondary N) is 1. The van der Waals surface area contributed by atoms with Crippen LogP contribution in [0.2, 0.25) is 5.02 Å². The second-order valence-electron chi connectivity index (χ2n) is 5.11. The van der Waals surface area contributed by atoms with Crippen LogP contribution in [-0.2, 0) is 11.3 Å². The molecule has 132 valence electrons. The Labute approximate surface area is 151 Å². The third kappa shape index (κ3) is 5.22. The lowest BCUT2D eigenvalue weighted by Crippen LogP contribution is -2.20. The number of benzene rings is 2. The van der Waals surface area contributed by atoms with Crippen molar-refractivity contribution in [1.29, 1.82) is 0 Å². The molecule has 4 nitrogen and oxygen atoms in total. The van der Waals surface area contributed by atoms with Crippen molar-refractivity contribution in [2.45, 2.75) is 13.5 Å². The Morgan fingerprint density at radius 3 is 2.76 bits per heavy atom. The Balaban J connectivity index is 2.05. The highest BCUT2D eigenvalue weighted by atomic mass is 35.5. The lowest BCUT2D eigenvalue weighted by atomic mass is 10.1. The van der Waals surface area contributed by atoms with Crippen LogP contribution < -0.4 is 14.8 Å². The SMILES string of the molecule is CCOc1cc(/C=C/C(=O)NCc2ccccc2F)cc(Cl)c1OC. The summed E-state index contributed by atoms with van der Waals surface area (Å²) in [6.45, 7) is 2.43. The molecule has 0 heterocycles. The van der Waals surface area contributed by atoms with E-state index in [9.17, 15) is 9.18 Å². The Morgan fingerprint density at radius 1 is 1.32 bits per heavy atom. The van der Waals surface area contributed by atoms with Crippen LogP contribution in [-0.4, -0.2) is 19.6 Å². The summed E-state index contributed by atoms with van der Waals surface area (Å²) in [6, 6.07) is 9.69. The van der Waals surface area contributed by atoms with Crippen LogP contribution >= 0.6 is 11.6 Å². The maximum atomic E-state index is 13.5. The summed E-state index contributed by atoms with van der Waals surface area (Å²) in [7, 11) is 1.51. The number of carbonyl (C=O) groups is 1. The van der Waals surface area contributed by atoms with Gasteiger partial charge in [0, 0.05) is 18.2 Å². The molecule has 0 unspecified atom stereocenters. The van der Waals surface area contributed by atoms with Gasteiger partial charge in [0.05, 0.1) is 18.7 Å². The number of halogens is 2. The highest BCUT2D eigenvalue weighted by molar-refractivity contribution is 6.32. The third-order valence-electron chi connectivity index (χ3n) is 3.37. The van der Waals surface area contributed by atoms with Gasteiger partial charge in [-0.25, -0.2) is 4.39 Å². The van der Waals surface area contributed by atoms with Crippen LogP contribution in [0.1, 0.15) is 18.1 Å². The zero-order chi connectivity index (χ0) is 18.2. The molecule has 0 radical (unpaired) electrons. The molecule has 2 aromatic rings. The molecule has 0 aliphatic carbocycles. The van der Waals surface area contributed by atoms with Crippen LogP contribution in [0.5, 0.6) is 11.5 Å². The number of hydrogen-bond donors (Lipinski definition) is 1. The molecule has 0 aromatic heterocycles. The van der Waals surface area contributed by atoms with Crippen molar-refractivity contribution in [3.8, 4) is 11.5 Å². The fraction of sp³-hybridized carbons (Fsp3) is 0.211. The predicted molar refractivity (Wildman–Crippen MR) is 96.5 cm³/mol. The van der Waals surface area contributed by atoms with Crippen LogP contribution in [0.4, 0.5) is 4.39 Å². The van der Waals surface area contributed by atoms with Crippen molar-refractivity contribution in [3.05, 3.63) is 64.4 Å². The number of amides is 1. The van der Waals surface area contributed by atoms with E-state index in [1.165, 1.54) is 19.3 Å². The molecule has 0 fully saturated rings. The molecule has 25 heavy (non-hydrogen) atoms. The first-order chi connectivity index (χ1) is 12.0. The van der Waals surface area contributed by atoms with Gasteiger partial charge in [0.25, 0.3) is 0 Å². The number of ether oxygens (including phenoxy) is 2. The Morgan fingerprint density at radius 2 is 2.08 bits per heavy atom. The van der Waals surface area contributed by atoms with E-state index in [1.807, 2.05) is 6.92 Å². The van der Waals surface area contributed by atoms with Crippen LogP contribution in [0.25, 0.3) is 6.08 Å².